The van der Waals surface area contributed by atoms with E-state index in [0.29, 0.717) is 6.54 Å². The van der Waals surface area contributed by atoms with Gasteiger partial charge < -0.3 is 10.0 Å². The molecule has 0 spiro atoms. The van der Waals surface area contributed by atoms with E-state index in [4.69, 9.17) is 0 Å². The third-order valence-electron chi connectivity index (χ3n) is 3.90. The third-order valence-corrected chi connectivity index (χ3v) is 3.90. The van der Waals surface area contributed by atoms with Crippen molar-refractivity contribution in [2.45, 2.75) is 26.4 Å². The Kier molecular flexibility index (Phi) is 5.15. The van der Waals surface area contributed by atoms with Gasteiger partial charge in [0.25, 0.3) is 5.91 Å². The SMILES string of the molecule is CCC(O)CN1CCN(C(=O)c2ccc(C)cc2)CC1. The van der Waals surface area contributed by atoms with Crippen LogP contribution in [0.3, 0.4) is 0 Å². The molecule has 2 rings (SSSR count). The van der Waals surface area contributed by atoms with Crippen molar-refractivity contribution in [2.75, 3.05) is 32.7 Å². The lowest BCUT2D eigenvalue weighted by molar-refractivity contribution is 0.0524. The molecule has 0 saturated carbocycles. The first-order valence-corrected chi connectivity index (χ1v) is 7.36. The number of benzene rings is 1. The Labute approximate surface area is 121 Å². The van der Waals surface area contributed by atoms with Gasteiger partial charge in [0.1, 0.15) is 0 Å². The molecule has 1 heterocycles. The van der Waals surface area contributed by atoms with Crippen molar-refractivity contribution in [3.8, 4) is 0 Å². The predicted molar refractivity (Wildman–Crippen MR) is 79.8 cm³/mol. The maximum absolute atomic E-state index is 12.4. The molecule has 0 bridgehead atoms. The van der Waals surface area contributed by atoms with Crippen LogP contribution in [0.2, 0.25) is 0 Å². The van der Waals surface area contributed by atoms with E-state index in [1.54, 1.807) is 0 Å². The van der Waals surface area contributed by atoms with Crippen LogP contribution in [-0.2, 0) is 0 Å². The number of hydrogen-bond donors (Lipinski definition) is 1. The van der Waals surface area contributed by atoms with Gasteiger partial charge in [-0.1, -0.05) is 24.6 Å². The van der Waals surface area contributed by atoms with E-state index in [1.165, 1.54) is 5.56 Å². The highest BCUT2D eigenvalue weighted by Crippen LogP contribution is 2.10. The summed E-state index contributed by atoms with van der Waals surface area (Å²) in [6, 6.07) is 7.73. The van der Waals surface area contributed by atoms with Gasteiger partial charge in [0.05, 0.1) is 6.10 Å². The van der Waals surface area contributed by atoms with Crippen molar-refractivity contribution >= 4 is 5.91 Å². The van der Waals surface area contributed by atoms with Gasteiger partial charge in [0, 0.05) is 38.3 Å². The second-order valence-corrected chi connectivity index (χ2v) is 5.52. The number of rotatable bonds is 4. The third kappa shape index (κ3) is 3.81. The molecular formula is C16H24N2O2. The number of aryl methyl sites for hydroxylation is 1. The molecule has 1 aromatic rings. The normalized spacial score (nSPS) is 18.1. The van der Waals surface area contributed by atoms with E-state index >= 15 is 0 Å². The second-order valence-electron chi connectivity index (χ2n) is 5.52. The zero-order valence-electron chi connectivity index (χ0n) is 12.4. The summed E-state index contributed by atoms with van der Waals surface area (Å²) >= 11 is 0. The summed E-state index contributed by atoms with van der Waals surface area (Å²) in [5.41, 5.74) is 1.93. The number of carbonyl (C=O) groups excluding carboxylic acids is 1. The molecule has 1 N–H and O–H groups in total. The first-order chi connectivity index (χ1) is 9.60. The minimum atomic E-state index is -0.255. The number of aliphatic hydroxyl groups is 1. The standard InChI is InChI=1S/C16H24N2O2/c1-3-15(19)12-17-8-10-18(11-9-17)16(20)14-6-4-13(2)5-7-14/h4-7,15,19H,3,8-12H2,1-2H3. The number of carbonyl (C=O) groups is 1. The van der Waals surface area contributed by atoms with Crippen LogP contribution in [0.1, 0.15) is 29.3 Å². The number of nitrogens with zero attached hydrogens (tertiary/aromatic N) is 2. The van der Waals surface area contributed by atoms with Crippen molar-refractivity contribution in [1.82, 2.24) is 9.80 Å². The smallest absolute Gasteiger partial charge is 0.253 e. The Morgan fingerprint density at radius 3 is 2.35 bits per heavy atom. The lowest BCUT2D eigenvalue weighted by atomic mass is 10.1. The predicted octanol–water partition coefficient (Wildman–Crippen LogP) is 1.52. The van der Waals surface area contributed by atoms with Crippen LogP contribution in [0.25, 0.3) is 0 Å². The summed E-state index contributed by atoms with van der Waals surface area (Å²) in [7, 11) is 0. The minimum absolute atomic E-state index is 0.112. The quantitative estimate of drug-likeness (QED) is 0.907. The molecule has 1 aromatic carbocycles. The van der Waals surface area contributed by atoms with Crippen LogP contribution in [0.4, 0.5) is 0 Å². The largest absolute Gasteiger partial charge is 0.392 e. The molecule has 1 amide bonds. The molecule has 0 aliphatic carbocycles. The van der Waals surface area contributed by atoms with E-state index in [1.807, 2.05) is 43.0 Å². The summed E-state index contributed by atoms with van der Waals surface area (Å²) in [4.78, 5) is 16.5. The van der Waals surface area contributed by atoms with Gasteiger partial charge >= 0.3 is 0 Å². The molecule has 1 aliphatic rings. The monoisotopic (exact) mass is 276 g/mol. The van der Waals surface area contributed by atoms with Gasteiger partial charge in [-0.3, -0.25) is 9.69 Å². The minimum Gasteiger partial charge on any atom is -0.392 e. The lowest BCUT2D eigenvalue weighted by Crippen LogP contribution is -2.50. The Bertz CT molecular complexity index is 436. The summed E-state index contributed by atoms with van der Waals surface area (Å²) in [6.07, 6.45) is 0.525. The molecule has 1 fully saturated rings. The Hall–Kier alpha value is -1.39. The van der Waals surface area contributed by atoms with Crippen molar-refractivity contribution in [3.63, 3.8) is 0 Å². The molecule has 110 valence electrons. The van der Waals surface area contributed by atoms with Gasteiger partial charge in [-0.25, -0.2) is 0 Å². The maximum atomic E-state index is 12.4. The second kappa shape index (κ2) is 6.86. The molecule has 4 heteroatoms. The lowest BCUT2D eigenvalue weighted by Gasteiger charge is -2.35. The zero-order chi connectivity index (χ0) is 14.5. The van der Waals surface area contributed by atoms with Crippen LogP contribution in [0, 0.1) is 6.92 Å². The number of β-amino-alcohol motifs (C(OH)–C–C–N with tert-alkyl or cyclic N) is 1. The molecule has 1 saturated heterocycles. The maximum Gasteiger partial charge on any atom is 0.253 e. The van der Waals surface area contributed by atoms with Gasteiger partial charge in [-0.2, -0.15) is 0 Å². The molecule has 1 aliphatic heterocycles. The van der Waals surface area contributed by atoms with Crippen molar-refractivity contribution in [2.24, 2.45) is 0 Å². The Morgan fingerprint density at radius 2 is 1.80 bits per heavy atom. The van der Waals surface area contributed by atoms with E-state index < -0.39 is 0 Å². The molecule has 1 unspecified atom stereocenters. The van der Waals surface area contributed by atoms with Crippen LogP contribution in [0.15, 0.2) is 24.3 Å². The molecule has 1 atom stereocenters. The highest BCUT2D eigenvalue weighted by atomic mass is 16.3. The fourth-order valence-corrected chi connectivity index (χ4v) is 2.44. The van der Waals surface area contributed by atoms with Gasteiger partial charge in [-0.15, -0.1) is 0 Å². The Balaban J connectivity index is 1.87. The highest BCUT2D eigenvalue weighted by Gasteiger charge is 2.22. The summed E-state index contributed by atoms with van der Waals surface area (Å²) in [5.74, 6) is 0.112. The fraction of sp³-hybridized carbons (Fsp3) is 0.562. The van der Waals surface area contributed by atoms with Gasteiger partial charge in [0.2, 0.25) is 0 Å². The molecule has 0 radical (unpaired) electrons. The first-order valence-electron chi connectivity index (χ1n) is 7.36. The van der Waals surface area contributed by atoms with Crippen molar-refractivity contribution < 1.29 is 9.90 Å². The van der Waals surface area contributed by atoms with Crippen LogP contribution >= 0.6 is 0 Å². The summed E-state index contributed by atoms with van der Waals surface area (Å²) in [6.45, 7) is 7.88. The topological polar surface area (TPSA) is 43.8 Å². The van der Waals surface area contributed by atoms with E-state index in [2.05, 4.69) is 4.90 Å². The average molecular weight is 276 g/mol. The molecular weight excluding hydrogens is 252 g/mol. The zero-order valence-corrected chi connectivity index (χ0v) is 12.4. The molecule has 0 aromatic heterocycles. The number of piperazine rings is 1. The van der Waals surface area contributed by atoms with E-state index in [-0.39, 0.29) is 12.0 Å². The van der Waals surface area contributed by atoms with Crippen LogP contribution < -0.4 is 0 Å². The molecule has 4 nitrogen and oxygen atoms in total. The van der Waals surface area contributed by atoms with Crippen molar-refractivity contribution in [3.05, 3.63) is 35.4 Å². The molecule has 20 heavy (non-hydrogen) atoms. The van der Waals surface area contributed by atoms with Crippen molar-refractivity contribution in [1.29, 1.82) is 0 Å². The van der Waals surface area contributed by atoms with Gasteiger partial charge in [0.15, 0.2) is 0 Å². The van der Waals surface area contributed by atoms with Crippen LogP contribution in [0.5, 0.6) is 0 Å². The number of amides is 1. The first kappa shape index (κ1) is 15.0. The summed E-state index contributed by atoms with van der Waals surface area (Å²) in [5, 5.41) is 9.67. The van der Waals surface area contributed by atoms with E-state index in [9.17, 15) is 9.90 Å². The highest BCUT2D eigenvalue weighted by molar-refractivity contribution is 5.94. The average Bonchev–Trinajstić information content (AvgIpc) is 2.48. The fourth-order valence-electron chi connectivity index (χ4n) is 2.44. The Morgan fingerprint density at radius 1 is 1.20 bits per heavy atom. The van der Waals surface area contributed by atoms with E-state index in [0.717, 1.165) is 38.2 Å². The number of aliphatic hydroxyl groups excluding tert-OH is 1. The van der Waals surface area contributed by atoms with Gasteiger partial charge in [-0.05, 0) is 25.5 Å². The van der Waals surface area contributed by atoms with Crippen LogP contribution in [-0.4, -0.2) is 59.6 Å². The number of hydrogen-bond acceptors (Lipinski definition) is 3. The summed E-state index contributed by atoms with van der Waals surface area (Å²) < 4.78 is 0.